The Morgan fingerprint density at radius 2 is 0.893 bits per heavy atom. The Morgan fingerprint density at radius 3 is 1.29 bits per heavy atom. The van der Waals surface area contributed by atoms with Gasteiger partial charge in [0, 0.05) is 9.79 Å². The molecule has 0 saturated carbocycles. The Balaban J connectivity index is 0.000000420. The van der Waals surface area contributed by atoms with E-state index < -0.39 is 10.4 Å². The molecule has 0 fully saturated rings. The van der Waals surface area contributed by atoms with E-state index in [9.17, 15) is 0 Å². The van der Waals surface area contributed by atoms with Crippen molar-refractivity contribution in [3.63, 3.8) is 0 Å². The van der Waals surface area contributed by atoms with E-state index in [4.69, 9.17) is 17.5 Å². The summed E-state index contributed by atoms with van der Waals surface area (Å²) in [5.74, 6) is 0. The molecule has 4 nitrogen and oxygen atoms in total. The molecule has 0 aliphatic carbocycles. The van der Waals surface area contributed by atoms with E-state index in [1.165, 1.54) is 31.3 Å². The van der Waals surface area contributed by atoms with Gasteiger partial charge >= 0.3 is 40.0 Å². The smallest absolute Gasteiger partial charge is 0.0264 e. The first kappa shape index (κ1) is 23.3. The van der Waals surface area contributed by atoms with Gasteiger partial charge in [0.05, 0.1) is 0 Å². The number of fused-ring (bicyclic) bond motifs is 2. The average Bonchev–Trinajstić information content (AvgIpc) is 2.65. The molecule has 0 saturated heterocycles. The zero-order chi connectivity index (χ0) is 19.3. The second kappa shape index (κ2) is 10.7. The number of rotatable bonds is 3. The second-order valence-electron chi connectivity index (χ2n) is 5.57. The summed E-state index contributed by atoms with van der Waals surface area (Å²) in [6.07, 6.45) is 0. The van der Waals surface area contributed by atoms with Crippen molar-refractivity contribution >= 4 is 83.1 Å². The Hall–Kier alpha value is -1.03. The van der Waals surface area contributed by atoms with Gasteiger partial charge in [-0.1, -0.05) is 94.4 Å². The Morgan fingerprint density at radius 1 is 0.571 bits per heavy atom. The van der Waals surface area contributed by atoms with E-state index in [1.54, 1.807) is 0 Å². The van der Waals surface area contributed by atoms with Crippen molar-refractivity contribution in [2.45, 2.75) is 9.79 Å². The van der Waals surface area contributed by atoms with Crippen LogP contribution in [0.25, 0.3) is 21.5 Å². The van der Waals surface area contributed by atoms with Gasteiger partial charge in [0.2, 0.25) is 0 Å². The molecule has 140 valence electrons. The van der Waals surface area contributed by atoms with Gasteiger partial charge in [0.25, 0.3) is 0 Å². The second-order valence-corrected chi connectivity index (χ2v) is 8.68. The molecule has 4 aromatic carbocycles. The standard InChI is InChI=1S/C20H14S2.Na.H2O4S.H/c1-3-11-17-15(7-1)9-5-13-19(17)21-22-20-14-6-10-16-8-2-4-12-18(16)20;;1-5(2,3)4;/h1-14H;;(H2,1,2,3,4);. The van der Waals surface area contributed by atoms with Gasteiger partial charge in [-0.05, 0) is 33.7 Å². The first-order valence-electron chi connectivity index (χ1n) is 7.92. The van der Waals surface area contributed by atoms with Crippen LogP contribution in [0.4, 0.5) is 0 Å². The minimum atomic E-state index is -4.67. The van der Waals surface area contributed by atoms with Crippen LogP contribution in [-0.2, 0) is 10.4 Å². The topological polar surface area (TPSA) is 74.6 Å². The van der Waals surface area contributed by atoms with Crippen molar-refractivity contribution in [2.24, 2.45) is 0 Å². The summed E-state index contributed by atoms with van der Waals surface area (Å²) in [5, 5.41) is 5.24. The minimum Gasteiger partial charge on any atom is -0.0616 e. The first-order chi connectivity index (χ1) is 12.9. The molecule has 8 heteroatoms. The molecule has 0 aliphatic heterocycles. The molecule has 0 aromatic heterocycles. The third kappa shape index (κ3) is 6.79. The predicted molar refractivity (Wildman–Crippen MR) is 121 cm³/mol. The average molecular weight is 441 g/mol. The Labute approximate surface area is 194 Å². The third-order valence-corrected chi connectivity index (χ3v) is 6.20. The fourth-order valence-corrected chi connectivity index (χ4v) is 5.04. The van der Waals surface area contributed by atoms with Crippen LogP contribution in [0.1, 0.15) is 0 Å². The molecule has 0 radical (unpaired) electrons. The third-order valence-electron chi connectivity index (χ3n) is 3.72. The van der Waals surface area contributed by atoms with Gasteiger partial charge < -0.3 is 0 Å². The van der Waals surface area contributed by atoms with E-state index >= 15 is 0 Å². The van der Waals surface area contributed by atoms with Crippen molar-refractivity contribution in [3.05, 3.63) is 84.9 Å². The van der Waals surface area contributed by atoms with Crippen LogP contribution in [0.5, 0.6) is 0 Å². The normalized spacial score (nSPS) is 10.8. The van der Waals surface area contributed by atoms with Crippen molar-refractivity contribution in [2.75, 3.05) is 0 Å². The largest absolute Gasteiger partial charge is 0.0616 e. The molecule has 0 unspecified atom stereocenters. The van der Waals surface area contributed by atoms with Gasteiger partial charge in [-0.15, -0.1) is 0 Å². The molecule has 0 amide bonds. The molecule has 0 bridgehead atoms. The van der Waals surface area contributed by atoms with E-state index in [-0.39, 0.29) is 29.6 Å². The molecule has 0 heterocycles. The zero-order valence-corrected chi connectivity index (χ0v) is 16.5. The van der Waals surface area contributed by atoms with E-state index in [1.807, 2.05) is 21.6 Å². The van der Waals surface area contributed by atoms with Crippen LogP contribution >= 0.6 is 21.6 Å². The maximum Gasteiger partial charge on any atom is 0.0264 e. The summed E-state index contributed by atoms with van der Waals surface area (Å²) in [6.45, 7) is 0. The summed E-state index contributed by atoms with van der Waals surface area (Å²) in [5.41, 5.74) is 0. The van der Waals surface area contributed by atoms with Crippen LogP contribution in [0.15, 0.2) is 94.7 Å². The number of benzene rings is 4. The molecular weight excluding hydrogens is 423 g/mol. The summed E-state index contributed by atoms with van der Waals surface area (Å²) in [4.78, 5) is 2.63. The van der Waals surface area contributed by atoms with Crippen molar-refractivity contribution in [3.8, 4) is 0 Å². The van der Waals surface area contributed by atoms with Crippen LogP contribution in [0, 0.1) is 0 Å². The summed E-state index contributed by atoms with van der Waals surface area (Å²) >= 11 is 0. The Kier molecular flexibility index (Phi) is 8.85. The van der Waals surface area contributed by atoms with Gasteiger partial charge in [-0.3, -0.25) is 9.11 Å². The van der Waals surface area contributed by atoms with Crippen LogP contribution in [0.2, 0.25) is 0 Å². The molecule has 0 aliphatic rings. The molecule has 2 N–H and O–H groups in total. The molecule has 0 spiro atoms. The number of hydrogen-bond acceptors (Lipinski definition) is 4. The summed E-state index contributed by atoms with van der Waals surface area (Å²) in [7, 11) is -0.998. The van der Waals surface area contributed by atoms with Gasteiger partial charge in [-0.2, -0.15) is 8.42 Å². The van der Waals surface area contributed by atoms with Gasteiger partial charge in [0.15, 0.2) is 0 Å². The van der Waals surface area contributed by atoms with Crippen LogP contribution in [-0.4, -0.2) is 47.1 Å². The summed E-state index contributed by atoms with van der Waals surface area (Å²) < 4.78 is 31.6. The molecule has 0 atom stereocenters. The van der Waals surface area contributed by atoms with E-state index in [0.29, 0.717) is 0 Å². The zero-order valence-electron chi connectivity index (χ0n) is 14.0. The van der Waals surface area contributed by atoms with E-state index in [0.717, 1.165) is 0 Å². The fourth-order valence-electron chi connectivity index (χ4n) is 2.63. The van der Waals surface area contributed by atoms with Crippen molar-refractivity contribution in [1.82, 2.24) is 0 Å². The number of hydrogen-bond donors (Lipinski definition) is 2. The fraction of sp³-hybridized carbons (Fsp3) is 0. The molecule has 28 heavy (non-hydrogen) atoms. The van der Waals surface area contributed by atoms with Gasteiger partial charge in [0.1, 0.15) is 0 Å². The van der Waals surface area contributed by atoms with Crippen molar-refractivity contribution in [1.29, 1.82) is 0 Å². The van der Waals surface area contributed by atoms with Gasteiger partial charge in [-0.25, -0.2) is 0 Å². The van der Waals surface area contributed by atoms with Crippen LogP contribution in [0.3, 0.4) is 0 Å². The van der Waals surface area contributed by atoms with Crippen molar-refractivity contribution < 1.29 is 17.5 Å². The maximum atomic E-state index is 8.74. The molecule has 4 aromatic rings. The first-order valence-corrected chi connectivity index (χ1v) is 11.5. The Bertz CT molecular complexity index is 1080. The SMILES string of the molecule is O=S(=O)(O)O.[NaH].c1ccc2c(SSc3cccc4ccccc34)cccc2c1. The minimum absolute atomic E-state index is 0. The van der Waals surface area contributed by atoms with Crippen LogP contribution < -0.4 is 0 Å². The monoisotopic (exact) mass is 440 g/mol. The predicted octanol–water partition coefficient (Wildman–Crippen LogP) is 5.49. The quantitative estimate of drug-likeness (QED) is 0.249. The summed E-state index contributed by atoms with van der Waals surface area (Å²) in [6, 6.07) is 30.1. The molecular formula is C20H17NaO4S3. The maximum absolute atomic E-state index is 8.74. The molecule has 4 rings (SSSR count). The van der Waals surface area contributed by atoms with E-state index in [2.05, 4.69) is 84.9 Å².